The van der Waals surface area contributed by atoms with E-state index in [1.807, 2.05) is 30.3 Å². The lowest BCUT2D eigenvalue weighted by Gasteiger charge is -2.34. The summed E-state index contributed by atoms with van der Waals surface area (Å²) in [5.74, 6) is 0.521. The van der Waals surface area contributed by atoms with Crippen molar-refractivity contribution in [2.75, 3.05) is 32.7 Å². The summed E-state index contributed by atoms with van der Waals surface area (Å²) < 4.78 is 1.58. The van der Waals surface area contributed by atoms with Crippen LogP contribution in [0.2, 0.25) is 0 Å². The van der Waals surface area contributed by atoms with E-state index in [0.29, 0.717) is 18.1 Å². The number of aromatic nitrogens is 2. The zero-order valence-corrected chi connectivity index (χ0v) is 16.3. The van der Waals surface area contributed by atoms with E-state index in [-0.39, 0.29) is 22.1 Å². The van der Waals surface area contributed by atoms with E-state index < -0.39 is 4.92 Å². The van der Waals surface area contributed by atoms with Gasteiger partial charge in [0.25, 0.3) is 11.2 Å². The molecule has 0 saturated carbocycles. The van der Waals surface area contributed by atoms with Gasteiger partial charge in [-0.05, 0) is 24.7 Å². The lowest BCUT2D eigenvalue weighted by molar-refractivity contribution is -0.383. The van der Waals surface area contributed by atoms with Crippen LogP contribution in [0.5, 0.6) is 0 Å². The number of fused-ring (bicyclic) bond motifs is 1. The van der Waals surface area contributed by atoms with Gasteiger partial charge in [-0.15, -0.1) is 0 Å². The third-order valence-electron chi connectivity index (χ3n) is 5.44. The molecule has 1 fully saturated rings. The second-order valence-corrected chi connectivity index (χ2v) is 7.14. The molecule has 1 aliphatic rings. The number of piperazine rings is 1. The Bertz CT molecular complexity index is 1090. The minimum atomic E-state index is -0.481. The fraction of sp³-hybridized carbons (Fsp3) is 0.333. The highest BCUT2D eigenvalue weighted by atomic mass is 16.6. The summed E-state index contributed by atoms with van der Waals surface area (Å²) in [4.78, 5) is 33.6. The molecule has 0 atom stereocenters. The lowest BCUT2D eigenvalue weighted by atomic mass is 10.2. The molecule has 0 amide bonds. The number of rotatable bonds is 5. The maximum absolute atomic E-state index is 13.3. The summed E-state index contributed by atoms with van der Waals surface area (Å²) in [6, 6.07) is 13.8. The molecule has 0 radical (unpaired) electrons. The van der Waals surface area contributed by atoms with Crippen molar-refractivity contribution in [1.82, 2.24) is 19.4 Å². The molecule has 1 aliphatic heterocycles. The van der Waals surface area contributed by atoms with Crippen molar-refractivity contribution >= 4 is 16.6 Å². The second-order valence-electron chi connectivity index (χ2n) is 7.14. The van der Waals surface area contributed by atoms with Crippen molar-refractivity contribution in [3.63, 3.8) is 0 Å². The van der Waals surface area contributed by atoms with Crippen molar-refractivity contribution in [3.05, 3.63) is 74.8 Å². The van der Waals surface area contributed by atoms with Crippen LogP contribution in [0.3, 0.4) is 0 Å². The number of nitro benzene ring substituents is 1. The topological polar surface area (TPSA) is 84.5 Å². The van der Waals surface area contributed by atoms with Gasteiger partial charge in [0.15, 0.2) is 5.52 Å². The fourth-order valence-electron chi connectivity index (χ4n) is 3.80. The van der Waals surface area contributed by atoms with Gasteiger partial charge in [-0.1, -0.05) is 31.2 Å². The molecule has 29 heavy (non-hydrogen) atoms. The van der Waals surface area contributed by atoms with Crippen LogP contribution in [-0.2, 0) is 6.54 Å². The Labute approximate surface area is 168 Å². The zero-order valence-electron chi connectivity index (χ0n) is 16.3. The van der Waals surface area contributed by atoms with Gasteiger partial charge in [-0.2, -0.15) is 0 Å². The first-order valence-corrected chi connectivity index (χ1v) is 9.77. The van der Waals surface area contributed by atoms with E-state index in [1.165, 1.54) is 12.1 Å². The molecule has 8 heteroatoms. The van der Waals surface area contributed by atoms with Gasteiger partial charge in [0, 0.05) is 32.2 Å². The number of nitrogens with zero attached hydrogens (tertiary/aromatic N) is 5. The molecule has 8 nitrogen and oxygen atoms in total. The van der Waals surface area contributed by atoms with Gasteiger partial charge >= 0.3 is 0 Å². The highest BCUT2D eigenvalue weighted by Crippen LogP contribution is 2.23. The summed E-state index contributed by atoms with van der Waals surface area (Å²) in [6.45, 7) is 7.28. The molecule has 3 aromatic rings. The average molecular weight is 393 g/mol. The van der Waals surface area contributed by atoms with Gasteiger partial charge in [0.2, 0.25) is 0 Å². The van der Waals surface area contributed by atoms with Crippen molar-refractivity contribution in [3.8, 4) is 5.69 Å². The van der Waals surface area contributed by atoms with Crippen LogP contribution in [0.4, 0.5) is 5.69 Å². The Morgan fingerprint density at radius 2 is 1.69 bits per heavy atom. The molecular weight excluding hydrogens is 370 g/mol. The van der Waals surface area contributed by atoms with Crippen LogP contribution in [-0.4, -0.2) is 57.0 Å². The smallest absolute Gasteiger partial charge is 0.295 e. The molecule has 2 heterocycles. The summed E-state index contributed by atoms with van der Waals surface area (Å²) in [7, 11) is 0. The maximum atomic E-state index is 13.3. The quantitative estimate of drug-likeness (QED) is 0.489. The monoisotopic (exact) mass is 393 g/mol. The average Bonchev–Trinajstić information content (AvgIpc) is 2.74. The summed E-state index contributed by atoms with van der Waals surface area (Å²) in [5, 5.41) is 11.7. The molecule has 150 valence electrons. The SMILES string of the molecule is CCN1CCN(Cc2nc3c([N+](=O)[O-])cccc3c(=O)n2-c2ccccc2)CC1. The minimum absolute atomic E-state index is 0.142. The fourth-order valence-corrected chi connectivity index (χ4v) is 3.80. The third kappa shape index (κ3) is 3.76. The number of nitro groups is 1. The Balaban J connectivity index is 1.85. The Hall–Kier alpha value is -3.10. The molecule has 2 aromatic carbocycles. The van der Waals surface area contributed by atoms with Crippen LogP contribution in [0.25, 0.3) is 16.6 Å². The molecule has 1 aromatic heterocycles. The molecule has 0 aliphatic carbocycles. The number of non-ortho nitro benzene ring substituents is 1. The summed E-state index contributed by atoms with van der Waals surface area (Å²) in [6.07, 6.45) is 0. The Morgan fingerprint density at radius 1 is 1.00 bits per heavy atom. The van der Waals surface area contributed by atoms with E-state index in [0.717, 1.165) is 32.7 Å². The molecule has 0 bridgehead atoms. The van der Waals surface area contributed by atoms with Crippen LogP contribution in [0.1, 0.15) is 12.7 Å². The highest BCUT2D eigenvalue weighted by Gasteiger charge is 2.22. The van der Waals surface area contributed by atoms with E-state index in [4.69, 9.17) is 0 Å². The van der Waals surface area contributed by atoms with Crippen molar-refractivity contribution < 1.29 is 4.92 Å². The lowest BCUT2D eigenvalue weighted by Crippen LogP contribution is -2.46. The first-order valence-electron chi connectivity index (χ1n) is 9.77. The van der Waals surface area contributed by atoms with Crippen molar-refractivity contribution in [2.45, 2.75) is 13.5 Å². The molecule has 0 unspecified atom stereocenters. The van der Waals surface area contributed by atoms with Crippen LogP contribution in [0.15, 0.2) is 53.3 Å². The molecular formula is C21H23N5O3. The number of hydrogen-bond acceptors (Lipinski definition) is 6. The van der Waals surface area contributed by atoms with Crippen molar-refractivity contribution in [2.24, 2.45) is 0 Å². The maximum Gasteiger partial charge on any atom is 0.295 e. The van der Waals surface area contributed by atoms with E-state index >= 15 is 0 Å². The normalized spacial score (nSPS) is 15.6. The summed E-state index contributed by atoms with van der Waals surface area (Å²) in [5.41, 5.74) is 0.432. The van der Waals surface area contributed by atoms with Crippen LogP contribution in [0, 0.1) is 10.1 Å². The van der Waals surface area contributed by atoms with Gasteiger partial charge in [0.05, 0.1) is 22.5 Å². The number of para-hydroxylation sites is 2. The van der Waals surface area contributed by atoms with Gasteiger partial charge in [-0.25, -0.2) is 4.98 Å². The molecule has 1 saturated heterocycles. The van der Waals surface area contributed by atoms with E-state index in [9.17, 15) is 14.9 Å². The zero-order chi connectivity index (χ0) is 20.4. The largest absolute Gasteiger partial charge is 0.301 e. The van der Waals surface area contributed by atoms with Crippen LogP contribution >= 0.6 is 0 Å². The second kappa shape index (κ2) is 8.10. The highest BCUT2D eigenvalue weighted by molar-refractivity contribution is 5.86. The predicted molar refractivity (Wildman–Crippen MR) is 111 cm³/mol. The Morgan fingerprint density at radius 3 is 2.34 bits per heavy atom. The Kier molecular flexibility index (Phi) is 5.37. The van der Waals surface area contributed by atoms with E-state index in [2.05, 4.69) is 21.7 Å². The molecule has 0 spiro atoms. The number of hydrogen-bond donors (Lipinski definition) is 0. The first kappa shape index (κ1) is 19.2. The predicted octanol–water partition coefficient (Wildman–Crippen LogP) is 2.43. The number of likely N-dealkylation sites (N-methyl/N-ethyl adjacent to an activating group) is 1. The molecule has 4 rings (SSSR count). The van der Waals surface area contributed by atoms with E-state index in [1.54, 1.807) is 10.6 Å². The molecule has 0 N–H and O–H groups in total. The van der Waals surface area contributed by atoms with Crippen LogP contribution < -0.4 is 5.56 Å². The summed E-state index contributed by atoms with van der Waals surface area (Å²) >= 11 is 0. The first-order chi connectivity index (χ1) is 14.1. The van der Waals surface area contributed by atoms with Gasteiger partial charge in [0.1, 0.15) is 5.82 Å². The van der Waals surface area contributed by atoms with Gasteiger partial charge in [-0.3, -0.25) is 24.4 Å². The third-order valence-corrected chi connectivity index (χ3v) is 5.44. The van der Waals surface area contributed by atoms with Crippen molar-refractivity contribution in [1.29, 1.82) is 0 Å². The standard InChI is InChI=1S/C21H23N5O3/c1-2-23-11-13-24(14-12-23)15-19-22-20-17(9-6-10-18(20)26(28)29)21(27)25(19)16-7-4-3-5-8-16/h3-10H,2,11-15H2,1H3. The van der Waals surface area contributed by atoms with Gasteiger partial charge < -0.3 is 4.90 Å². The number of benzene rings is 2. The minimum Gasteiger partial charge on any atom is -0.301 e.